The van der Waals surface area contributed by atoms with Gasteiger partial charge in [-0.25, -0.2) is 9.37 Å². The number of carbonyl (C=O) groups is 1. The summed E-state index contributed by atoms with van der Waals surface area (Å²) < 4.78 is 29.3. The van der Waals surface area contributed by atoms with Crippen LogP contribution >= 0.6 is 0 Å². The van der Waals surface area contributed by atoms with Crippen LogP contribution in [-0.2, 0) is 9.53 Å². The lowest BCUT2D eigenvalue weighted by atomic mass is 10.1. The number of benzene rings is 1. The van der Waals surface area contributed by atoms with Crippen LogP contribution in [0.5, 0.6) is 0 Å². The van der Waals surface area contributed by atoms with E-state index in [1.54, 1.807) is 38.1 Å². The summed E-state index contributed by atoms with van der Waals surface area (Å²) in [6.07, 6.45) is 1.51. The molecule has 0 N–H and O–H groups in total. The first kappa shape index (κ1) is 16.0. The first-order valence-electron chi connectivity index (χ1n) is 7.57. The summed E-state index contributed by atoms with van der Waals surface area (Å²) >= 11 is 0. The Morgan fingerprint density at radius 1 is 1.29 bits per heavy atom. The van der Waals surface area contributed by atoms with Crippen molar-refractivity contribution in [3.8, 4) is 23.0 Å². The van der Waals surface area contributed by atoms with E-state index in [9.17, 15) is 9.18 Å². The molecule has 0 aliphatic rings. The van der Waals surface area contributed by atoms with Gasteiger partial charge < -0.3 is 13.6 Å². The lowest BCUT2D eigenvalue weighted by molar-refractivity contribution is -0.144. The van der Waals surface area contributed by atoms with E-state index >= 15 is 0 Å². The molecule has 0 amide bonds. The lowest BCUT2D eigenvalue weighted by Crippen LogP contribution is -2.14. The summed E-state index contributed by atoms with van der Waals surface area (Å²) in [7, 11) is 0. The molecule has 24 heavy (non-hydrogen) atoms. The Morgan fingerprint density at radius 2 is 2.04 bits per heavy atom. The third-order valence-electron chi connectivity index (χ3n) is 3.54. The van der Waals surface area contributed by atoms with Crippen LogP contribution in [0.4, 0.5) is 4.39 Å². The van der Waals surface area contributed by atoms with Crippen LogP contribution in [0.15, 0.2) is 51.5 Å². The van der Waals surface area contributed by atoms with Crippen molar-refractivity contribution in [2.24, 2.45) is 0 Å². The van der Waals surface area contributed by atoms with Crippen molar-refractivity contribution in [3.05, 3.63) is 54.2 Å². The quantitative estimate of drug-likeness (QED) is 0.649. The predicted molar refractivity (Wildman–Crippen MR) is 84.6 cm³/mol. The van der Waals surface area contributed by atoms with Crippen molar-refractivity contribution >= 4 is 5.97 Å². The molecule has 2 aromatic heterocycles. The molecule has 6 heteroatoms. The average molecular weight is 329 g/mol. The van der Waals surface area contributed by atoms with Gasteiger partial charge in [-0.3, -0.25) is 4.79 Å². The Labute approximate surface area is 138 Å². The van der Waals surface area contributed by atoms with Gasteiger partial charge in [0.1, 0.15) is 17.4 Å². The monoisotopic (exact) mass is 329 g/mol. The molecule has 0 spiro atoms. The molecule has 0 saturated carbocycles. The molecule has 3 aromatic rings. The SMILES string of the molecule is CCOC(=O)C(C)c1nc(-c2ccc(F)cc2)oc1-c1ccco1. The van der Waals surface area contributed by atoms with Gasteiger partial charge in [-0.15, -0.1) is 0 Å². The van der Waals surface area contributed by atoms with Crippen molar-refractivity contribution in [2.45, 2.75) is 19.8 Å². The van der Waals surface area contributed by atoms with Crippen molar-refractivity contribution in [2.75, 3.05) is 6.61 Å². The highest BCUT2D eigenvalue weighted by Gasteiger charge is 2.28. The number of rotatable bonds is 5. The predicted octanol–water partition coefficient (Wildman–Crippen LogP) is 4.41. The second-order valence-electron chi connectivity index (χ2n) is 5.19. The number of nitrogens with zero attached hydrogens (tertiary/aromatic N) is 1. The molecule has 0 radical (unpaired) electrons. The first-order valence-corrected chi connectivity index (χ1v) is 7.57. The van der Waals surface area contributed by atoms with Crippen molar-refractivity contribution in [3.63, 3.8) is 0 Å². The zero-order valence-electron chi connectivity index (χ0n) is 13.3. The number of esters is 1. The van der Waals surface area contributed by atoms with Gasteiger partial charge >= 0.3 is 5.97 Å². The molecule has 1 atom stereocenters. The van der Waals surface area contributed by atoms with Crippen LogP contribution in [0.1, 0.15) is 25.5 Å². The number of ether oxygens (including phenoxy) is 1. The maximum atomic E-state index is 13.1. The molecular weight excluding hydrogens is 313 g/mol. The number of hydrogen-bond acceptors (Lipinski definition) is 5. The van der Waals surface area contributed by atoms with Crippen molar-refractivity contribution in [1.82, 2.24) is 4.98 Å². The Morgan fingerprint density at radius 3 is 2.67 bits per heavy atom. The standard InChI is InChI=1S/C18H16FNO4/c1-3-22-18(21)11(2)15-16(14-5-4-10-23-14)24-17(20-15)12-6-8-13(19)9-7-12/h4-11H,3H2,1-2H3. The highest BCUT2D eigenvalue weighted by Crippen LogP contribution is 2.34. The molecule has 0 fully saturated rings. The van der Waals surface area contributed by atoms with Gasteiger partial charge in [0.2, 0.25) is 5.89 Å². The highest BCUT2D eigenvalue weighted by atomic mass is 19.1. The summed E-state index contributed by atoms with van der Waals surface area (Å²) in [6, 6.07) is 9.20. The van der Waals surface area contributed by atoms with E-state index in [2.05, 4.69) is 4.98 Å². The van der Waals surface area contributed by atoms with Gasteiger partial charge in [0.15, 0.2) is 11.5 Å². The average Bonchev–Trinajstić information content (AvgIpc) is 3.24. The summed E-state index contributed by atoms with van der Waals surface area (Å²) in [4.78, 5) is 16.5. The third-order valence-corrected chi connectivity index (χ3v) is 3.54. The molecule has 1 aromatic carbocycles. The minimum atomic E-state index is -0.622. The molecule has 5 nitrogen and oxygen atoms in total. The number of carbonyl (C=O) groups excluding carboxylic acids is 1. The van der Waals surface area contributed by atoms with E-state index in [-0.39, 0.29) is 18.3 Å². The van der Waals surface area contributed by atoms with Crippen LogP contribution < -0.4 is 0 Å². The smallest absolute Gasteiger partial charge is 0.314 e. The zero-order chi connectivity index (χ0) is 17.1. The van der Waals surface area contributed by atoms with Crippen LogP contribution in [0, 0.1) is 5.82 Å². The Hall–Kier alpha value is -2.89. The second-order valence-corrected chi connectivity index (χ2v) is 5.19. The number of aromatic nitrogens is 1. The largest absolute Gasteiger partial charge is 0.465 e. The molecule has 0 aliphatic heterocycles. The molecule has 0 saturated heterocycles. The van der Waals surface area contributed by atoms with Gasteiger partial charge in [0, 0.05) is 5.56 Å². The molecular formula is C18H16FNO4. The molecule has 1 unspecified atom stereocenters. The molecule has 0 aliphatic carbocycles. The molecule has 2 heterocycles. The van der Waals surface area contributed by atoms with Crippen molar-refractivity contribution in [1.29, 1.82) is 0 Å². The maximum absolute atomic E-state index is 13.1. The van der Waals surface area contributed by atoms with E-state index in [0.29, 0.717) is 22.8 Å². The van der Waals surface area contributed by atoms with Gasteiger partial charge in [-0.05, 0) is 50.2 Å². The number of hydrogen-bond donors (Lipinski definition) is 0. The van der Waals surface area contributed by atoms with Gasteiger partial charge in [-0.2, -0.15) is 0 Å². The number of furan rings is 1. The highest BCUT2D eigenvalue weighted by molar-refractivity contribution is 5.80. The third kappa shape index (κ3) is 3.08. The summed E-state index contributed by atoms with van der Waals surface area (Å²) in [5.41, 5.74) is 1.02. The van der Waals surface area contributed by atoms with Gasteiger partial charge in [-0.1, -0.05) is 0 Å². The fraction of sp³-hybridized carbons (Fsp3) is 0.222. The van der Waals surface area contributed by atoms with Crippen LogP contribution in [0.3, 0.4) is 0 Å². The second kappa shape index (κ2) is 6.70. The maximum Gasteiger partial charge on any atom is 0.314 e. The molecule has 0 bridgehead atoms. The lowest BCUT2D eigenvalue weighted by Gasteiger charge is -2.08. The number of halogens is 1. The zero-order valence-corrected chi connectivity index (χ0v) is 13.3. The first-order chi connectivity index (χ1) is 11.6. The fourth-order valence-electron chi connectivity index (χ4n) is 2.30. The van der Waals surface area contributed by atoms with E-state index in [0.717, 1.165) is 0 Å². The van der Waals surface area contributed by atoms with E-state index < -0.39 is 11.9 Å². The normalized spacial score (nSPS) is 12.1. The Balaban J connectivity index is 2.06. The van der Waals surface area contributed by atoms with E-state index in [4.69, 9.17) is 13.6 Å². The van der Waals surface area contributed by atoms with E-state index in [1.165, 1.54) is 18.4 Å². The van der Waals surface area contributed by atoms with Gasteiger partial charge in [0.05, 0.1) is 12.9 Å². The van der Waals surface area contributed by atoms with Crippen LogP contribution in [0.2, 0.25) is 0 Å². The topological polar surface area (TPSA) is 65.5 Å². The summed E-state index contributed by atoms with van der Waals surface area (Å²) in [5.74, 6) is -0.265. The van der Waals surface area contributed by atoms with Crippen LogP contribution in [0.25, 0.3) is 23.0 Å². The minimum Gasteiger partial charge on any atom is -0.465 e. The summed E-state index contributed by atoms with van der Waals surface area (Å²) in [5, 5.41) is 0. The van der Waals surface area contributed by atoms with Crippen molar-refractivity contribution < 1.29 is 22.8 Å². The molecule has 3 rings (SSSR count). The number of oxazole rings is 1. The Kier molecular flexibility index (Phi) is 4.46. The van der Waals surface area contributed by atoms with E-state index in [1.807, 2.05) is 0 Å². The van der Waals surface area contributed by atoms with Gasteiger partial charge in [0.25, 0.3) is 0 Å². The fourth-order valence-corrected chi connectivity index (χ4v) is 2.30. The Bertz CT molecular complexity index is 821. The molecule has 124 valence electrons. The minimum absolute atomic E-state index is 0.280. The summed E-state index contributed by atoms with van der Waals surface area (Å²) in [6.45, 7) is 3.71. The van der Waals surface area contributed by atoms with Crippen LogP contribution in [-0.4, -0.2) is 17.6 Å².